The summed E-state index contributed by atoms with van der Waals surface area (Å²) in [6.07, 6.45) is 7.27. The Balaban J connectivity index is 1.74. The zero-order chi connectivity index (χ0) is 15.1. The summed E-state index contributed by atoms with van der Waals surface area (Å²) in [5.74, 6) is 0.861. The lowest BCUT2D eigenvalue weighted by atomic mass is 9.83. The lowest BCUT2D eigenvalue weighted by molar-refractivity contribution is 0.236. The van der Waals surface area contributed by atoms with Crippen LogP contribution in [0.3, 0.4) is 0 Å². The van der Waals surface area contributed by atoms with Gasteiger partial charge in [-0.3, -0.25) is 0 Å². The molecule has 0 radical (unpaired) electrons. The molecule has 1 aromatic carbocycles. The van der Waals surface area contributed by atoms with Crippen molar-refractivity contribution < 1.29 is 4.79 Å². The normalized spacial score (nSPS) is 21.8. The molecule has 4 N–H and O–H groups in total. The average molecular weight is 289 g/mol. The highest BCUT2D eigenvalue weighted by Gasteiger charge is 2.21. The van der Waals surface area contributed by atoms with Gasteiger partial charge >= 0.3 is 6.03 Å². The van der Waals surface area contributed by atoms with Crippen molar-refractivity contribution in [3.63, 3.8) is 0 Å². The van der Waals surface area contributed by atoms with Crippen LogP contribution >= 0.6 is 0 Å². The van der Waals surface area contributed by atoms with E-state index in [0.717, 1.165) is 30.0 Å². The zero-order valence-corrected chi connectivity index (χ0v) is 12.9. The molecule has 1 aliphatic carbocycles. The van der Waals surface area contributed by atoms with Crippen LogP contribution in [-0.2, 0) is 6.54 Å². The summed E-state index contributed by atoms with van der Waals surface area (Å²) in [4.78, 5) is 12.0. The quantitative estimate of drug-likeness (QED) is 0.775. The van der Waals surface area contributed by atoms with Crippen molar-refractivity contribution in [1.29, 1.82) is 0 Å². The second-order valence-corrected chi connectivity index (χ2v) is 6.01. The number of nitrogens with one attached hydrogen (secondary N) is 2. The summed E-state index contributed by atoms with van der Waals surface area (Å²) < 4.78 is 0. The van der Waals surface area contributed by atoms with Crippen molar-refractivity contribution >= 4 is 11.7 Å². The van der Waals surface area contributed by atoms with Gasteiger partial charge in [-0.25, -0.2) is 4.79 Å². The van der Waals surface area contributed by atoms with E-state index in [9.17, 15) is 4.79 Å². The Morgan fingerprint density at radius 1 is 1.19 bits per heavy atom. The highest BCUT2D eigenvalue weighted by molar-refractivity contribution is 5.89. The van der Waals surface area contributed by atoms with Crippen molar-refractivity contribution in [2.75, 3.05) is 5.32 Å². The Hall–Kier alpha value is -1.55. The molecule has 4 nitrogen and oxygen atoms in total. The van der Waals surface area contributed by atoms with Crippen LogP contribution in [-0.4, -0.2) is 12.1 Å². The predicted molar refractivity (Wildman–Crippen MR) is 87.1 cm³/mol. The van der Waals surface area contributed by atoms with Crippen LogP contribution in [0, 0.1) is 5.92 Å². The molecule has 0 heterocycles. The molecule has 1 fully saturated rings. The minimum Gasteiger partial charge on any atom is -0.335 e. The van der Waals surface area contributed by atoms with E-state index < -0.39 is 0 Å². The van der Waals surface area contributed by atoms with Crippen LogP contribution in [0.25, 0.3) is 0 Å². The number of benzene rings is 1. The molecule has 0 spiro atoms. The smallest absolute Gasteiger partial charge is 0.319 e. The second-order valence-electron chi connectivity index (χ2n) is 6.01. The molecule has 0 atom stereocenters. The molecule has 0 saturated heterocycles. The third-order valence-corrected chi connectivity index (χ3v) is 4.33. The van der Waals surface area contributed by atoms with Gasteiger partial charge in [-0.05, 0) is 49.3 Å². The number of amides is 2. The maximum atomic E-state index is 12.0. The highest BCUT2D eigenvalue weighted by atomic mass is 16.2. The molecular formula is C17H27N3O. The van der Waals surface area contributed by atoms with Gasteiger partial charge in [0.2, 0.25) is 0 Å². The number of nitrogens with two attached hydrogens (primary N) is 1. The summed E-state index contributed by atoms with van der Waals surface area (Å²) >= 11 is 0. The van der Waals surface area contributed by atoms with E-state index in [4.69, 9.17) is 5.73 Å². The molecule has 2 rings (SSSR count). The molecule has 2 amide bonds. The third kappa shape index (κ3) is 5.05. The van der Waals surface area contributed by atoms with Gasteiger partial charge in [-0.1, -0.05) is 31.9 Å². The molecule has 0 aliphatic heterocycles. The van der Waals surface area contributed by atoms with Gasteiger partial charge in [0.1, 0.15) is 0 Å². The van der Waals surface area contributed by atoms with Gasteiger partial charge in [-0.15, -0.1) is 0 Å². The minimum atomic E-state index is -0.102. The summed E-state index contributed by atoms with van der Waals surface area (Å²) in [6, 6.07) is 7.87. The van der Waals surface area contributed by atoms with Gasteiger partial charge in [0, 0.05) is 18.3 Å². The van der Waals surface area contributed by atoms with E-state index in [0.29, 0.717) is 12.6 Å². The van der Waals surface area contributed by atoms with Crippen LogP contribution in [0.1, 0.15) is 51.0 Å². The molecule has 1 aliphatic rings. The van der Waals surface area contributed by atoms with E-state index in [1.165, 1.54) is 25.7 Å². The Bertz CT molecular complexity index is 436. The summed E-state index contributed by atoms with van der Waals surface area (Å²) in [6.45, 7) is 2.77. The Morgan fingerprint density at radius 3 is 2.43 bits per heavy atom. The lowest BCUT2D eigenvalue weighted by Crippen LogP contribution is -2.40. The van der Waals surface area contributed by atoms with Crippen molar-refractivity contribution in [2.24, 2.45) is 11.7 Å². The fourth-order valence-corrected chi connectivity index (χ4v) is 3.08. The number of hydrogen-bond acceptors (Lipinski definition) is 2. The number of anilines is 1. The molecule has 1 saturated carbocycles. The monoisotopic (exact) mass is 289 g/mol. The summed E-state index contributed by atoms with van der Waals surface area (Å²) in [5, 5.41) is 5.97. The van der Waals surface area contributed by atoms with Gasteiger partial charge in [0.05, 0.1) is 0 Å². The SMILES string of the molecule is CCCC1CCC(NC(=O)Nc2ccc(CN)cc2)CC1. The van der Waals surface area contributed by atoms with E-state index in [2.05, 4.69) is 17.6 Å². The topological polar surface area (TPSA) is 67.2 Å². The van der Waals surface area contributed by atoms with Crippen LogP contribution in [0.2, 0.25) is 0 Å². The molecule has 1 aromatic rings. The molecule has 0 bridgehead atoms. The first kappa shape index (κ1) is 15.8. The second kappa shape index (κ2) is 8.03. The lowest BCUT2D eigenvalue weighted by Gasteiger charge is -2.28. The van der Waals surface area contributed by atoms with Gasteiger partial charge in [0.25, 0.3) is 0 Å². The number of rotatable bonds is 5. The van der Waals surface area contributed by atoms with Crippen LogP contribution in [0.5, 0.6) is 0 Å². The first-order valence-electron chi connectivity index (χ1n) is 8.07. The Morgan fingerprint density at radius 2 is 1.86 bits per heavy atom. The standard InChI is InChI=1S/C17H27N3O/c1-2-3-13-4-8-15(9-5-13)19-17(21)20-16-10-6-14(12-18)7-11-16/h6-7,10-11,13,15H,2-5,8-9,12,18H2,1H3,(H2,19,20,21). The molecule has 4 heteroatoms. The Labute approximate surface area is 127 Å². The number of carbonyl (C=O) groups excluding carboxylic acids is 1. The van der Waals surface area contributed by atoms with Crippen molar-refractivity contribution in [1.82, 2.24) is 5.32 Å². The van der Waals surface area contributed by atoms with E-state index in [1.807, 2.05) is 24.3 Å². The fraction of sp³-hybridized carbons (Fsp3) is 0.588. The van der Waals surface area contributed by atoms with Crippen LogP contribution in [0.15, 0.2) is 24.3 Å². The highest BCUT2D eigenvalue weighted by Crippen LogP contribution is 2.27. The van der Waals surface area contributed by atoms with E-state index in [1.54, 1.807) is 0 Å². The van der Waals surface area contributed by atoms with Gasteiger partial charge < -0.3 is 16.4 Å². The average Bonchev–Trinajstić information content (AvgIpc) is 2.50. The number of hydrogen-bond donors (Lipinski definition) is 3. The maximum absolute atomic E-state index is 12.0. The Kier molecular flexibility index (Phi) is 6.05. The molecular weight excluding hydrogens is 262 g/mol. The zero-order valence-electron chi connectivity index (χ0n) is 12.9. The van der Waals surface area contributed by atoms with Crippen molar-refractivity contribution in [3.8, 4) is 0 Å². The first-order valence-corrected chi connectivity index (χ1v) is 8.07. The van der Waals surface area contributed by atoms with Crippen molar-refractivity contribution in [3.05, 3.63) is 29.8 Å². The van der Waals surface area contributed by atoms with Crippen LogP contribution < -0.4 is 16.4 Å². The van der Waals surface area contributed by atoms with Gasteiger partial charge in [-0.2, -0.15) is 0 Å². The largest absolute Gasteiger partial charge is 0.335 e. The van der Waals surface area contributed by atoms with Gasteiger partial charge in [0.15, 0.2) is 0 Å². The molecule has 0 aromatic heterocycles. The summed E-state index contributed by atoms with van der Waals surface area (Å²) in [7, 11) is 0. The van der Waals surface area contributed by atoms with Crippen LogP contribution in [0.4, 0.5) is 10.5 Å². The summed E-state index contributed by atoms with van der Waals surface area (Å²) in [5.41, 5.74) is 7.43. The first-order chi connectivity index (χ1) is 10.2. The predicted octanol–water partition coefficient (Wildman–Crippen LogP) is 3.63. The third-order valence-electron chi connectivity index (χ3n) is 4.33. The molecule has 21 heavy (non-hydrogen) atoms. The minimum absolute atomic E-state index is 0.102. The molecule has 0 unspecified atom stereocenters. The maximum Gasteiger partial charge on any atom is 0.319 e. The fourth-order valence-electron chi connectivity index (χ4n) is 3.08. The number of carbonyl (C=O) groups is 1. The van der Waals surface area contributed by atoms with E-state index >= 15 is 0 Å². The van der Waals surface area contributed by atoms with E-state index in [-0.39, 0.29) is 6.03 Å². The molecule has 116 valence electrons. The number of urea groups is 1. The van der Waals surface area contributed by atoms with Crippen molar-refractivity contribution in [2.45, 2.75) is 58.0 Å².